The fourth-order valence-corrected chi connectivity index (χ4v) is 1.59. The Morgan fingerprint density at radius 1 is 1.44 bits per heavy atom. The molecule has 6 nitrogen and oxygen atoms in total. The number of halogens is 2. The molecule has 1 unspecified atom stereocenters. The number of carbonyl (C=O) groups excluding carboxylic acids is 1. The highest BCUT2D eigenvalue weighted by molar-refractivity contribution is 5.85. The maximum Gasteiger partial charge on any atom is 0.250 e. The molecule has 1 heterocycles. The third-order valence-corrected chi connectivity index (χ3v) is 2.62. The van der Waals surface area contributed by atoms with Crippen molar-refractivity contribution in [2.75, 3.05) is 53.0 Å². The van der Waals surface area contributed by atoms with Gasteiger partial charge < -0.3 is 20.5 Å². The molecule has 110 valence electrons. The SMILES string of the molecule is COC(CN)C(=O)NCCN1CCOCC1.Cl.Cl. The van der Waals surface area contributed by atoms with Gasteiger partial charge in [0.25, 0.3) is 0 Å². The zero-order valence-electron chi connectivity index (χ0n) is 10.6. The minimum absolute atomic E-state index is 0. The summed E-state index contributed by atoms with van der Waals surface area (Å²) < 4.78 is 10.2. The van der Waals surface area contributed by atoms with E-state index in [0.717, 1.165) is 32.8 Å². The van der Waals surface area contributed by atoms with Crippen LogP contribution in [0.2, 0.25) is 0 Å². The van der Waals surface area contributed by atoms with Crippen molar-refractivity contribution in [3.05, 3.63) is 0 Å². The van der Waals surface area contributed by atoms with E-state index in [1.54, 1.807) is 0 Å². The van der Waals surface area contributed by atoms with Gasteiger partial charge in [-0.2, -0.15) is 0 Å². The minimum Gasteiger partial charge on any atom is -0.379 e. The zero-order chi connectivity index (χ0) is 11.8. The minimum atomic E-state index is -0.537. The first-order valence-corrected chi connectivity index (χ1v) is 5.58. The van der Waals surface area contributed by atoms with Gasteiger partial charge >= 0.3 is 0 Å². The van der Waals surface area contributed by atoms with Crippen LogP contribution in [-0.4, -0.2) is 70.0 Å². The Hall–Kier alpha value is -0.110. The van der Waals surface area contributed by atoms with Crippen LogP contribution in [0.25, 0.3) is 0 Å². The highest BCUT2D eigenvalue weighted by Gasteiger charge is 2.15. The van der Waals surface area contributed by atoms with Crippen LogP contribution >= 0.6 is 24.8 Å². The lowest BCUT2D eigenvalue weighted by Gasteiger charge is -2.26. The molecule has 1 saturated heterocycles. The van der Waals surface area contributed by atoms with Gasteiger partial charge in [0.1, 0.15) is 6.10 Å². The molecule has 0 aromatic heterocycles. The van der Waals surface area contributed by atoms with Crippen molar-refractivity contribution >= 4 is 30.7 Å². The largest absolute Gasteiger partial charge is 0.379 e. The summed E-state index contributed by atoms with van der Waals surface area (Å²) in [5, 5.41) is 2.81. The maximum absolute atomic E-state index is 11.5. The summed E-state index contributed by atoms with van der Waals surface area (Å²) in [6, 6.07) is 0. The molecule has 0 aromatic carbocycles. The highest BCUT2D eigenvalue weighted by atomic mass is 35.5. The number of rotatable bonds is 6. The van der Waals surface area contributed by atoms with Crippen molar-refractivity contribution in [1.29, 1.82) is 0 Å². The lowest BCUT2D eigenvalue weighted by Crippen LogP contribution is -2.45. The van der Waals surface area contributed by atoms with Crippen LogP contribution in [0.3, 0.4) is 0 Å². The number of ether oxygens (including phenoxy) is 2. The fraction of sp³-hybridized carbons (Fsp3) is 0.900. The molecule has 0 aromatic rings. The lowest BCUT2D eigenvalue weighted by molar-refractivity contribution is -0.130. The van der Waals surface area contributed by atoms with E-state index in [1.807, 2.05) is 0 Å². The quantitative estimate of drug-likeness (QED) is 0.675. The van der Waals surface area contributed by atoms with Gasteiger partial charge in [-0.25, -0.2) is 0 Å². The van der Waals surface area contributed by atoms with Crippen LogP contribution in [0.4, 0.5) is 0 Å². The summed E-state index contributed by atoms with van der Waals surface area (Å²) in [6.07, 6.45) is -0.537. The summed E-state index contributed by atoms with van der Waals surface area (Å²) in [4.78, 5) is 13.7. The maximum atomic E-state index is 11.5. The van der Waals surface area contributed by atoms with Crippen LogP contribution in [-0.2, 0) is 14.3 Å². The number of nitrogens with one attached hydrogen (secondary N) is 1. The predicted molar refractivity (Wildman–Crippen MR) is 74.6 cm³/mol. The summed E-state index contributed by atoms with van der Waals surface area (Å²) in [5.41, 5.74) is 5.39. The van der Waals surface area contributed by atoms with Gasteiger partial charge in [-0.05, 0) is 0 Å². The Morgan fingerprint density at radius 3 is 2.56 bits per heavy atom. The van der Waals surface area contributed by atoms with E-state index in [0.29, 0.717) is 6.54 Å². The second-order valence-electron chi connectivity index (χ2n) is 3.71. The molecule has 0 radical (unpaired) electrons. The molecule has 0 saturated carbocycles. The number of hydrogen-bond donors (Lipinski definition) is 2. The third-order valence-electron chi connectivity index (χ3n) is 2.62. The number of morpholine rings is 1. The van der Waals surface area contributed by atoms with Crippen LogP contribution in [0.1, 0.15) is 0 Å². The van der Waals surface area contributed by atoms with Crippen molar-refractivity contribution in [2.45, 2.75) is 6.10 Å². The van der Waals surface area contributed by atoms with Crippen LogP contribution in [0, 0.1) is 0 Å². The molecule has 18 heavy (non-hydrogen) atoms. The molecular weight excluding hydrogens is 281 g/mol. The van der Waals surface area contributed by atoms with Gasteiger partial charge in [-0.3, -0.25) is 9.69 Å². The number of carbonyl (C=O) groups is 1. The molecular formula is C10H23Cl2N3O3. The monoisotopic (exact) mass is 303 g/mol. The van der Waals surface area contributed by atoms with Gasteiger partial charge in [0, 0.05) is 39.8 Å². The summed E-state index contributed by atoms with van der Waals surface area (Å²) in [7, 11) is 1.49. The molecule has 0 aliphatic carbocycles. The van der Waals surface area contributed by atoms with E-state index in [1.165, 1.54) is 7.11 Å². The van der Waals surface area contributed by atoms with Gasteiger partial charge in [0.15, 0.2) is 0 Å². The number of nitrogens with two attached hydrogens (primary N) is 1. The van der Waals surface area contributed by atoms with Crippen molar-refractivity contribution < 1.29 is 14.3 Å². The van der Waals surface area contributed by atoms with E-state index >= 15 is 0 Å². The van der Waals surface area contributed by atoms with Crippen LogP contribution in [0.15, 0.2) is 0 Å². The number of nitrogens with zero attached hydrogens (tertiary/aromatic N) is 1. The molecule has 1 amide bonds. The molecule has 1 fully saturated rings. The van der Waals surface area contributed by atoms with Crippen molar-refractivity contribution in [1.82, 2.24) is 10.2 Å². The second kappa shape index (κ2) is 12.0. The normalized spacial score (nSPS) is 17.2. The van der Waals surface area contributed by atoms with Crippen molar-refractivity contribution in [3.63, 3.8) is 0 Å². The van der Waals surface area contributed by atoms with Crippen molar-refractivity contribution in [2.24, 2.45) is 5.73 Å². The summed E-state index contributed by atoms with van der Waals surface area (Å²) in [5.74, 6) is -0.141. The Bertz CT molecular complexity index is 213. The third kappa shape index (κ3) is 7.35. The number of hydrogen-bond acceptors (Lipinski definition) is 5. The number of methoxy groups -OCH3 is 1. The Labute approximate surface area is 120 Å². The first kappa shape index (κ1) is 20.2. The van der Waals surface area contributed by atoms with Crippen LogP contribution in [0.5, 0.6) is 0 Å². The zero-order valence-corrected chi connectivity index (χ0v) is 12.2. The Balaban J connectivity index is 0. The smallest absolute Gasteiger partial charge is 0.250 e. The van der Waals surface area contributed by atoms with E-state index in [-0.39, 0.29) is 37.3 Å². The predicted octanol–water partition coefficient (Wildman–Crippen LogP) is -0.748. The molecule has 8 heteroatoms. The Kier molecular flexibility index (Phi) is 13.4. The molecule has 1 atom stereocenters. The Morgan fingerprint density at radius 2 is 2.06 bits per heavy atom. The first-order chi connectivity index (χ1) is 7.77. The number of amides is 1. The van der Waals surface area contributed by atoms with Gasteiger partial charge in [-0.1, -0.05) is 0 Å². The average molecular weight is 304 g/mol. The van der Waals surface area contributed by atoms with E-state index in [2.05, 4.69) is 10.2 Å². The van der Waals surface area contributed by atoms with Crippen LogP contribution < -0.4 is 11.1 Å². The summed E-state index contributed by atoms with van der Waals surface area (Å²) in [6.45, 7) is 5.09. The second-order valence-corrected chi connectivity index (χ2v) is 3.71. The molecule has 0 spiro atoms. The fourth-order valence-electron chi connectivity index (χ4n) is 1.59. The topological polar surface area (TPSA) is 76.8 Å². The van der Waals surface area contributed by atoms with Crippen molar-refractivity contribution in [3.8, 4) is 0 Å². The van der Waals surface area contributed by atoms with E-state index in [9.17, 15) is 4.79 Å². The van der Waals surface area contributed by atoms with Gasteiger partial charge in [0.2, 0.25) is 5.91 Å². The summed E-state index contributed by atoms with van der Waals surface area (Å²) >= 11 is 0. The van der Waals surface area contributed by atoms with Gasteiger partial charge in [-0.15, -0.1) is 24.8 Å². The lowest BCUT2D eigenvalue weighted by atomic mass is 10.3. The molecule has 3 N–H and O–H groups in total. The first-order valence-electron chi connectivity index (χ1n) is 5.58. The van der Waals surface area contributed by atoms with Gasteiger partial charge in [0.05, 0.1) is 13.2 Å². The highest BCUT2D eigenvalue weighted by Crippen LogP contribution is 1.95. The van der Waals surface area contributed by atoms with E-state index < -0.39 is 6.10 Å². The molecule has 1 aliphatic rings. The molecule has 0 bridgehead atoms. The average Bonchev–Trinajstić information content (AvgIpc) is 2.32. The standard InChI is InChI=1S/C10H21N3O3.2ClH/c1-15-9(8-11)10(14)12-2-3-13-4-6-16-7-5-13;;/h9H,2-8,11H2,1H3,(H,12,14);2*1H. The molecule has 1 aliphatic heterocycles. The molecule has 1 rings (SSSR count). The van der Waals surface area contributed by atoms with E-state index in [4.69, 9.17) is 15.2 Å².